The van der Waals surface area contributed by atoms with Gasteiger partial charge in [0.25, 0.3) is 0 Å². The summed E-state index contributed by atoms with van der Waals surface area (Å²) >= 11 is 0. The molecular formula is C17H19F2N7. The molecule has 3 heterocycles. The number of aromatic nitrogens is 5. The molecule has 0 amide bonds. The molecule has 136 valence electrons. The summed E-state index contributed by atoms with van der Waals surface area (Å²) in [5.74, 6) is -0.485. The number of anilines is 2. The molecule has 26 heavy (non-hydrogen) atoms. The number of fused-ring (bicyclic) bond motifs is 1. The maximum Gasteiger partial charge on any atom is 0.166 e. The van der Waals surface area contributed by atoms with E-state index in [-0.39, 0.29) is 16.6 Å². The molecule has 0 atom stereocenters. The van der Waals surface area contributed by atoms with Gasteiger partial charge in [0.15, 0.2) is 11.5 Å². The van der Waals surface area contributed by atoms with E-state index >= 15 is 0 Å². The summed E-state index contributed by atoms with van der Waals surface area (Å²) in [6.07, 6.45) is 4.74. The lowest BCUT2D eigenvalue weighted by Gasteiger charge is -2.08. The first-order valence-corrected chi connectivity index (χ1v) is 7.71. The van der Waals surface area contributed by atoms with Gasteiger partial charge in [-0.15, -0.1) is 5.10 Å². The van der Waals surface area contributed by atoms with E-state index < -0.39 is 11.6 Å². The van der Waals surface area contributed by atoms with Gasteiger partial charge in [0.05, 0.1) is 11.3 Å². The third-order valence-corrected chi connectivity index (χ3v) is 3.82. The molecule has 1 aromatic carbocycles. The number of nitrogen functional groups attached to an aromatic ring is 1. The van der Waals surface area contributed by atoms with Crippen LogP contribution in [0.4, 0.5) is 20.4 Å². The molecule has 0 aliphatic carbocycles. The summed E-state index contributed by atoms with van der Waals surface area (Å²) in [4.78, 5) is 12.6. The van der Waals surface area contributed by atoms with Crippen molar-refractivity contribution in [3.8, 4) is 11.3 Å². The number of nitrogens with one attached hydrogen (secondary N) is 1. The fourth-order valence-electron chi connectivity index (χ4n) is 2.59. The van der Waals surface area contributed by atoms with E-state index in [1.165, 1.54) is 18.5 Å². The second kappa shape index (κ2) is 6.36. The Bertz CT molecular complexity index is 1110. The molecular weight excluding hydrogens is 340 g/mol. The Labute approximate surface area is 151 Å². The number of benzene rings is 1. The van der Waals surface area contributed by atoms with Gasteiger partial charge in [0.1, 0.15) is 23.8 Å². The lowest BCUT2D eigenvalue weighted by molar-refractivity contribution is 0.574. The first-order chi connectivity index (χ1) is 12.6. The SMILES string of the molecule is Nc1nn2cccnc2c1-c1cc(NCc2ccc(F)cc2F)ncn1.[HH].[HH].[HH]. The Morgan fingerprint density at radius 1 is 1.15 bits per heavy atom. The van der Waals surface area contributed by atoms with Crippen LogP contribution in [0, 0.1) is 11.6 Å². The van der Waals surface area contributed by atoms with E-state index in [2.05, 4.69) is 25.4 Å². The van der Waals surface area contributed by atoms with Crippen molar-refractivity contribution in [2.45, 2.75) is 6.54 Å². The minimum Gasteiger partial charge on any atom is -0.382 e. The second-order valence-electron chi connectivity index (χ2n) is 5.53. The van der Waals surface area contributed by atoms with Crippen molar-refractivity contribution in [1.82, 2.24) is 24.6 Å². The molecule has 0 unspecified atom stereocenters. The van der Waals surface area contributed by atoms with E-state index in [0.29, 0.717) is 28.3 Å². The summed E-state index contributed by atoms with van der Waals surface area (Å²) in [5, 5.41) is 7.19. The van der Waals surface area contributed by atoms with Crippen molar-refractivity contribution >= 4 is 17.3 Å². The molecule has 0 aliphatic heterocycles. The topological polar surface area (TPSA) is 94.0 Å². The maximum atomic E-state index is 13.7. The summed E-state index contributed by atoms with van der Waals surface area (Å²) in [6, 6.07) is 6.84. The van der Waals surface area contributed by atoms with Crippen LogP contribution in [0.2, 0.25) is 0 Å². The molecule has 0 spiro atoms. The van der Waals surface area contributed by atoms with Gasteiger partial charge in [-0.3, -0.25) is 0 Å². The molecule has 0 saturated heterocycles. The highest BCUT2D eigenvalue weighted by Gasteiger charge is 2.15. The molecule has 3 aromatic heterocycles. The van der Waals surface area contributed by atoms with Gasteiger partial charge in [0, 0.05) is 40.9 Å². The van der Waals surface area contributed by atoms with Crippen LogP contribution in [0.1, 0.15) is 9.84 Å². The van der Waals surface area contributed by atoms with Gasteiger partial charge in [0.2, 0.25) is 0 Å². The van der Waals surface area contributed by atoms with Crippen LogP contribution >= 0.6 is 0 Å². The number of nitrogens with two attached hydrogens (primary N) is 1. The number of nitrogens with zero attached hydrogens (tertiary/aromatic N) is 5. The zero-order valence-electron chi connectivity index (χ0n) is 13.4. The Kier molecular flexibility index (Phi) is 3.88. The normalized spacial score (nSPS) is 11.0. The number of hydrogen-bond donors (Lipinski definition) is 2. The first kappa shape index (κ1) is 15.9. The van der Waals surface area contributed by atoms with Crippen LogP contribution < -0.4 is 11.1 Å². The highest BCUT2D eigenvalue weighted by molar-refractivity contribution is 5.84. The van der Waals surface area contributed by atoms with Crippen molar-refractivity contribution in [2.75, 3.05) is 11.1 Å². The zero-order chi connectivity index (χ0) is 18.1. The quantitative estimate of drug-likeness (QED) is 0.580. The molecule has 4 aromatic rings. The Morgan fingerprint density at radius 3 is 2.88 bits per heavy atom. The number of halogens is 2. The van der Waals surface area contributed by atoms with Gasteiger partial charge in [-0.25, -0.2) is 28.2 Å². The summed E-state index contributed by atoms with van der Waals surface area (Å²) in [6.45, 7) is 0.144. The van der Waals surface area contributed by atoms with Gasteiger partial charge in [-0.2, -0.15) is 0 Å². The Hall–Kier alpha value is -3.62. The molecule has 0 aliphatic rings. The molecule has 0 fully saturated rings. The lowest BCUT2D eigenvalue weighted by Crippen LogP contribution is -2.04. The van der Waals surface area contributed by atoms with E-state index in [4.69, 9.17) is 5.73 Å². The monoisotopic (exact) mass is 359 g/mol. The largest absolute Gasteiger partial charge is 0.382 e. The van der Waals surface area contributed by atoms with Crippen LogP contribution in [0.3, 0.4) is 0 Å². The van der Waals surface area contributed by atoms with Crippen LogP contribution in [0.5, 0.6) is 0 Å². The molecule has 7 nitrogen and oxygen atoms in total. The van der Waals surface area contributed by atoms with E-state index in [9.17, 15) is 8.78 Å². The van der Waals surface area contributed by atoms with Crippen LogP contribution in [0.25, 0.3) is 16.9 Å². The summed E-state index contributed by atoms with van der Waals surface area (Å²) in [5.41, 5.74) is 8.01. The third kappa shape index (κ3) is 2.90. The van der Waals surface area contributed by atoms with Crippen LogP contribution in [0.15, 0.2) is 49.1 Å². The first-order valence-electron chi connectivity index (χ1n) is 7.71. The maximum absolute atomic E-state index is 13.7. The lowest BCUT2D eigenvalue weighted by atomic mass is 10.2. The fraction of sp³-hybridized carbons (Fsp3) is 0.0588. The van der Waals surface area contributed by atoms with E-state index in [0.717, 1.165) is 6.07 Å². The van der Waals surface area contributed by atoms with Crippen LogP contribution in [-0.4, -0.2) is 24.6 Å². The van der Waals surface area contributed by atoms with Crippen molar-refractivity contribution in [1.29, 1.82) is 0 Å². The van der Waals surface area contributed by atoms with Gasteiger partial charge in [-0.1, -0.05) is 6.07 Å². The fourth-order valence-corrected chi connectivity index (χ4v) is 2.59. The highest BCUT2D eigenvalue weighted by Crippen LogP contribution is 2.28. The third-order valence-electron chi connectivity index (χ3n) is 3.82. The predicted octanol–water partition coefficient (Wildman–Crippen LogP) is 3.40. The molecule has 0 bridgehead atoms. The number of hydrogen-bond acceptors (Lipinski definition) is 6. The second-order valence-corrected chi connectivity index (χ2v) is 5.53. The predicted molar refractivity (Wildman–Crippen MR) is 98.5 cm³/mol. The van der Waals surface area contributed by atoms with Gasteiger partial charge in [-0.05, 0) is 12.1 Å². The average molecular weight is 359 g/mol. The van der Waals surface area contributed by atoms with E-state index in [1.54, 1.807) is 29.0 Å². The summed E-state index contributed by atoms with van der Waals surface area (Å²) < 4.78 is 28.3. The Balaban J connectivity index is 0.00000140. The standard InChI is InChI=1S/C17H13F2N7.3H2/c18-11-3-2-10(12(19)6-11)8-22-14-7-13(23-9-24-14)15-16(20)25-26-5-1-4-21-17(15)26;;;/h1-7,9H,8H2,(H2,20,25)(H,22,23,24);3*1H. The minimum absolute atomic E-state index is 0. The van der Waals surface area contributed by atoms with Crippen molar-refractivity contribution < 1.29 is 13.1 Å². The van der Waals surface area contributed by atoms with Crippen LogP contribution in [-0.2, 0) is 6.54 Å². The summed E-state index contributed by atoms with van der Waals surface area (Å²) in [7, 11) is 0. The molecule has 9 heteroatoms. The Morgan fingerprint density at radius 2 is 2.04 bits per heavy atom. The average Bonchev–Trinajstić information content (AvgIpc) is 2.97. The molecule has 0 radical (unpaired) electrons. The molecule has 3 N–H and O–H groups in total. The van der Waals surface area contributed by atoms with Crippen molar-refractivity contribution in [2.24, 2.45) is 0 Å². The smallest absolute Gasteiger partial charge is 0.166 e. The van der Waals surface area contributed by atoms with Crippen molar-refractivity contribution in [3.05, 3.63) is 66.3 Å². The van der Waals surface area contributed by atoms with Crippen molar-refractivity contribution in [3.63, 3.8) is 0 Å². The zero-order valence-corrected chi connectivity index (χ0v) is 13.4. The molecule has 0 saturated carbocycles. The highest BCUT2D eigenvalue weighted by atomic mass is 19.1. The minimum atomic E-state index is -0.622. The van der Waals surface area contributed by atoms with Gasteiger partial charge < -0.3 is 11.1 Å². The molecule has 4 rings (SSSR count). The van der Waals surface area contributed by atoms with E-state index in [1.807, 2.05) is 0 Å². The number of rotatable bonds is 4. The van der Waals surface area contributed by atoms with Gasteiger partial charge >= 0.3 is 0 Å².